The molecular formula is C23H26FN5O2. The lowest BCUT2D eigenvalue weighted by Gasteiger charge is -2.33. The molecule has 1 saturated heterocycles. The molecule has 1 aromatic carbocycles. The lowest BCUT2D eigenvalue weighted by Crippen LogP contribution is -2.44. The molecule has 8 heteroatoms. The summed E-state index contributed by atoms with van der Waals surface area (Å²) in [4.78, 5) is 23.6. The van der Waals surface area contributed by atoms with Crippen LogP contribution in [-0.4, -0.2) is 40.2 Å². The van der Waals surface area contributed by atoms with Gasteiger partial charge in [0.05, 0.1) is 0 Å². The summed E-state index contributed by atoms with van der Waals surface area (Å²) in [6.07, 6.45) is 8.93. The molecule has 7 nitrogen and oxygen atoms in total. The zero-order chi connectivity index (χ0) is 21.2. The number of halogens is 1. The zero-order valence-corrected chi connectivity index (χ0v) is 17.4. The summed E-state index contributed by atoms with van der Waals surface area (Å²) in [5.74, 6) is 0.671. The Morgan fingerprint density at radius 1 is 1.03 bits per heavy atom. The van der Waals surface area contributed by atoms with E-state index in [1.165, 1.54) is 37.7 Å². The SMILES string of the molecule is O=C(NC1CCCCC1)C1CCN(c2ncnc3onc(-c4ccc(F)cc4)c23)CC1. The highest BCUT2D eigenvalue weighted by atomic mass is 19.1. The van der Waals surface area contributed by atoms with Gasteiger partial charge in [-0.1, -0.05) is 24.4 Å². The zero-order valence-electron chi connectivity index (χ0n) is 17.4. The van der Waals surface area contributed by atoms with E-state index in [0.717, 1.165) is 55.5 Å². The van der Waals surface area contributed by atoms with Crippen molar-refractivity contribution in [1.29, 1.82) is 0 Å². The topological polar surface area (TPSA) is 84.2 Å². The minimum absolute atomic E-state index is 0.0366. The average Bonchev–Trinajstić information content (AvgIpc) is 3.25. The molecule has 3 aromatic rings. The molecular weight excluding hydrogens is 397 g/mol. The first-order valence-electron chi connectivity index (χ1n) is 11.1. The molecule has 0 spiro atoms. The first-order chi connectivity index (χ1) is 15.2. The molecule has 0 atom stereocenters. The average molecular weight is 423 g/mol. The first kappa shape index (κ1) is 19.9. The van der Waals surface area contributed by atoms with Crippen LogP contribution < -0.4 is 10.2 Å². The molecule has 1 amide bonds. The summed E-state index contributed by atoms with van der Waals surface area (Å²) >= 11 is 0. The molecule has 0 unspecified atom stereocenters. The Labute approximate surface area is 180 Å². The number of rotatable bonds is 4. The van der Waals surface area contributed by atoms with Crippen molar-refractivity contribution in [2.45, 2.75) is 51.0 Å². The van der Waals surface area contributed by atoms with Crippen molar-refractivity contribution in [3.8, 4) is 11.3 Å². The summed E-state index contributed by atoms with van der Waals surface area (Å²) in [5.41, 5.74) is 1.75. The lowest BCUT2D eigenvalue weighted by atomic mass is 9.92. The smallest absolute Gasteiger partial charge is 0.263 e. The molecule has 2 aliphatic rings. The molecule has 2 aromatic heterocycles. The highest BCUT2D eigenvalue weighted by Gasteiger charge is 2.29. The summed E-state index contributed by atoms with van der Waals surface area (Å²) in [7, 11) is 0. The van der Waals surface area contributed by atoms with Gasteiger partial charge in [-0.2, -0.15) is 4.98 Å². The van der Waals surface area contributed by atoms with Crippen molar-refractivity contribution in [2.24, 2.45) is 5.92 Å². The second-order valence-electron chi connectivity index (χ2n) is 8.52. The third-order valence-corrected chi connectivity index (χ3v) is 6.49. The van der Waals surface area contributed by atoms with Crippen LogP contribution in [0.1, 0.15) is 44.9 Å². The Morgan fingerprint density at radius 3 is 2.52 bits per heavy atom. The molecule has 0 radical (unpaired) electrons. The van der Waals surface area contributed by atoms with Gasteiger partial charge >= 0.3 is 0 Å². The molecule has 1 saturated carbocycles. The van der Waals surface area contributed by atoms with Crippen LogP contribution in [0.2, 0.25) is 0 Å². The Kier molecular flexibility index (Phi) is 5.53. The third kappa shape index (κ3) is 4.11. The van der Waals surface area contributed by atoms with E-state index in [1.54, 1.807) is 12.1 Å². The molecule has 162 valence electrons. The molecule has 0 bridgehead atoms. The highest BCUT2D eigenvalue weighted by Crippen LogP contribution is 2.34. The molecule has 31 heavy (non-hydrogen) atoms. The number of hydrogen-bond donors (Lipinski definition) is 1. The summed E-state index contributed by atoms with van der Waals surface area (Å²) in [6.45, 7) is 1.45. The number of piperidine rings is 1. The number of hydrogen-bond acceptors (Lipinski definition) is 6. The summed E-state index contributed by atoms with van der Waals surface area (Å²) in [6, 6.07) is 6.48. The quantitative estimate of drug-likeness (QED) is 0.680. The molecule has 5 rings (SSSR count). The number of nitrogens with zero attached hydrogens (tertiary/aromatic N) is 4. The number of benzene rings is 1. The first-order valence-corrected chi connectivity index (χ1v) is 11.1. The number of aromatic nitrogens is 3. The number of carbonyl (C=O) groups excluding carboxylic acids is 1. The number of carbonyl (C=O) groups is 1. The van der Waals surface area contributed by atoms with E-state index in [9.17, 15) is 9.18 Å². The van der Waals surface area contributed by atoms with Crippen molar-refractivity contribution in [1.82, 2.24) is 20.4 Å². The van der Waals surface area contributed by atoms with Gasteiger partial charge in [0.2, 0.25) is 5.91 Å². The van der Waals surface area contributed by atoms with Crippen LogP contribution in [-0.2, 0) is 4.79 Å². The fourth-order valence-corrected chi connectivity index (χ4v) is 4.74. The van der Waals surface area contributed by atoms with Gasteiger partial charge in [0.15, 0.2) is 0 Å². The fourth-order valence-electron chi connectivity index (χ4n) is 4.74. The summed E-state index contributed by atoms with van der Waals surface area (Å²) in [5, 5.41) is 8.15. The van der Waals surface area contributed by atoms with Gasteiger partial charge in [0.1, 0.15) is 29.0 Å². The maximum Gasteiger partial charge on any atom is 0.263 e. The van der Waals surface area contributed by atoms with E-state index in [4.69, 9.17) is 4.52 Å². The van der Waals surface area contributed by atoms with E-state index < -0.39 is 0 Å². The Bertz CT molecular complexity index is 1050. The molecule has 3 heterocycles. The number of nitrogens with one attached hydrogen (secondary N) is 1. The van der Waals surface area contributed by atoms with E-state index in [1.807, 2.05) is 0 Å². The minimum atomic E-state index is -0.304. The van der Waals surface area contributed by atoms with Crippen LogP contribution >= 0.6 is 0 Å². The predicted molar refractivity (Wildman–Crippen MR) is 115 cm³/mol. The lowest BCUT2D eigenvalue weighted by molar-refractivity contribution is -0.126. The monoisotopic (exact) mass is 423 g/mol. The molecule has 1 aliphatic carbocycles. The van der Waals surface area contributed by atoms with E-state index in [2.05, 4.69) is 25.3 Å². The van der Waals surface area contributed by atoms with Crippen LogP contribution in [0, 0.1) is 11.7 Å². The maximum atomic E-state index is 13.4. The highest BCUT2D eigenvalue weighted by molar-refractivity contribution is 5.98. The Morgan fingerprint density at radius 2 is 1.77 bits per heavy atom. The van der Waals surface area contributed by atoms with Crippen molar-refractivity contribution in [3.05, 3.63) is 36.4 Å². The predicted octanol–water partition coefficient (Wildman–Crippen LogP) is 4.09. The number of fused-ring (bicyclic) bond motifs is 1. The Hall–Kier alpha value is -3.03. The van der Waals surface area contributed by atoms with Gasteiger partial charge in [0.25, 0.3) is 5.71 Å². The van der Waals surface area contributed by atoms with Crippen LogP contribution in [0.15, 0.2) is 35.1 Å². The van der Waals surface area contributed by atoms with Gasteiger partial charge in [0, 0.05) is 30.6 Å². The number of anilines is 1. The third-order valence-electron chi connectivity index (χ3n) is 6.49. The van der Waals surface area contributed by atoms with Crippen molar-refractivity contribution < 1.29 is 13.7 Å². The second-order valence-corrected chi connectivity index (χ2v) is 8.52. The van der Waals surface area contributed by atoms with Gasteiger partial charge in [-0.05, 0) is 49.9 Å². The Balaban J connectivity index is 1.32. The van der Waals surface area contributed by atoms with Crippen molar-refractivity contribution >= 4 is 22.8 Å². The molecule has 2 fully saturated rings. The van der Waals surface area contributed by atoms with Crippen LogP contribution in [0.3, 0.4) is 0 Å². The van der Waals surface area contributed by atoms with E-state index >= 15 is 0 Å². The van der Waals surface area contributed by atoms with Gasteiger partial charge in [-0.15, -0.1) is 0 Å². The van der Waals surface area contributed by atoms with Gasteiger partial charge < -0.3 is 14.7 Å². The van der Waals surface area contributed by atoms with Crippen molar-refractivity contribution in [2.75, 3.05) is 18.0 Å². The standard InChI is InChI=1S/C23H26FN5O2/c24-17-8-6-15(7-9-17)20-19-21(25-14-26-23(19)31-28-20)29-12-10-16(11-13-29)22(30)27-18-4-2-1-3-5-18/h6-9,14,16,18H,1-5,10-13H2,(H,27,30). The van der Waals surface area contributed by atoms with Crippen LogP contribution in [0.4, 0.5) is 10.2 Å². The van der Waals surface area contributed by atoms with Gasteiger partial charge in [-0.3, -0.25) is 4.79 Å². The summed E-state index contributed by atoms with van der Waals surface area (Å²) < 4.78 is 18.8. The molecule has 1 aliphatic heterocycles. The number of amides is 1. The van der Waals surface area contributed by atoms with E-state index in [-0.39, 0.29) is 17.6 Å². The minimum Gasteiger partial charge on any atom is -0.356 e. The largest absolute Gasteiger partial charge is 0.356 e. The molecule has 1 N–H and O–H groups in total. The van der Waals surface area contributed by atoms with Crippen LogP contribution in [0.25, 0.3) is 22.4 Å². The normalized spacial score (nSPS) is 18.4. The second kappa shape index (κ2) is 8.61. The van der Waals surface area contributed by atoms with Gasteiger partial charge in [-0.25, -0.2) is 9.37 Å². The van der Waals surface area contributed by atoms with Crippen LogP contribution in [0.5, 0.6) is 0 Å². The fraction of sp³-hybridized carbons (Fsp3) is 0.478. The maximum absolute atomic E-state index is 13.4. The van der Waals surface area contributed by atoms with E-state index in [0.29, 0.717) is 17.4 Å². The van der Waals surface area contributed by atoms with Crippen molar-refractivity contribution in [3.63, 3.8) is 0 Å².